The number of carbonyl (C=O) groups excluding carboxylic acids is 1. The van der Waals surface area contributed by atoms with Crippen LogP contribution in [0.1, 0.15) is 49.3 Å². The van der Waals surface area contributed by atoms with Crippen molar-refractivity contribution in [2.75, 3.05) is 13.7 Å². The number of hydrogen-bond donors (Lipinski definition) is 2. The standard InChI is InChI=1S/C23H28N2O2/c1-4-12-24-22(26)14-20(17-9-6-10-18(13-17)27-3)21-15-25-23-16(5-2)8-7-11-19(21)23/h6-11,13,15,20,25H,4-5,12,14H2,1-3H3,(H,24,26)/t20-/m0/s1. The first-order valence-electron chi connectivity index (χ1n) is 9.67. The summed E-state index contributed by atoms with van der Waals surface area (Å²) >= 11 is 0. The van der Waals surface area contributed by atoms with E-state index in [0.717, 1.165) is 35.2 Å². The number of para-hydroxylation sites is 1. The number of methoxy groups -OCH3 is 1. The molecule has 0 fully saturated rings. The number of benzene rings is 2. The van der Waals surface area contributed by atoms with Gasteiger partial charge in [-0.05, 0) is 41.7 Å². The van der Waals surface area contributed by atoms with Crippen molar-refractivity contribution >= 4 is 16.8 Å². The van der Waals surface area contributed by atoms with Crippen molar-refractivity contribution in [3.63, 3.8) is 0 Å². The Morgan fingerprint density at radius 1 is 1.19 bits per heavy atom. The van der Waals surface area contributed by atoms with Crippen LogP contribution in [0.15, 0.2) is 48.7 Å². The Labute approximate surface area is 160 Å². The Morgan fingerprint density at radius 2 is 2.00 bits per heavy atom. The molecule has 2 aromatic carbocycles. The van der Waals surface area contributed by atoms with Crippen LogP contribution >= 0.6 is 0 Å². The molecule has 27 heavy (non-hydrogen) atoms. The summed E-state index contributed by atoms with van der Waals surface area (Å²) in [4.78, 5) is 16.0. The number of ether oxygens (including phenoxy) is 1. The Hall–Kier alpha value is -2.75. The molecule has 0 bridgehead atoms. The summed E-state index contributed by atoms with van der Waals surface area (Å²) < 4.78 is 5.41. The normalized spacial score (nSPS) is 12.1. The van der Waals surface area contributed by atoms with Gasteiger partial charge in [-0.2, -0.15) is 0 Å². The van der Waals surface area contributed by atoms with Crippen LogP contribution in [-0.2, 0) is 11.2 Å². The third-order valence-electron chi connectivity index (χ3n) is 5.05. The summed E-state index contributed by atoms with van der Waals surface area (Å²) in [6.45, 7) is 4.93. The van der Waals surface area contributed by atoms with E-state index in [0.29, 0.717) is 13.0 Å². The number of amides is 1. The summed E-state index contributed by atoms with van der Waals surface area (Å²) in [7, 11) is 1.67. The summed E-state index contributed by atoms with van der Waals surface area (Å²) in [6.07, 6.45) is 4.37. The number of nitrogens with one attached hydrogen (secondary N) is 2. The molecular formula is C23H28N2O2. The van der Waals surface area contributed by atoms with Gasteiger partial charge in [0.05, 0.1) is 7.11 Å². The number of carbonyl (C=O) groups is 1. The lowest BCUT2D eigenvalue weighted by Crippen LogP contribution is -2.26. The molecule has 3 aromatic rings. The zero-order chi connectivity index (χ0) is 19.2. The number of hydrogen-bond acceptors (Lipinski definition) is 2. The number of aromatic amines is 1. The fourth-order valence-electron chi connectivity index (χ4n) is 3.61. The van der Waals surface area contributed by atoms with Crippen molar-refractivity contribution in [1.29, 1.82) is 0 Å². The van der Waals surface area contributed by atoms with E-state index in [4.69, 9.17) is 4.74 Å². The van der Waals surface area contributed by atoms with E-state index < -0.39 is 0 Å². The molecule has 0 aliphatic carbocycles. The maximum Gasteiger partial charge on any atom is 0.220 e. The predicted octanol–water partition coefficient (Wildman–Crippen LogP) is 4.79. The van der Waals surface area contributed by atoms with Crippen molar-refractivity contribution in [3.8, 4) is 5.75 Å². The van der Waals surface area contributed by atoms with Crippen molar-refractivity contribution < 1.29 is 9.53 Å². The molecule has 1 atom stereocenters. The molecule has 1 heterocycles. The van der Waals surface area contributed by atoms with E-state index >= 15 is 0 Å². The second-order valence-corrected chi connectivity index (χ2v) is 6.82. The van der Waals surface area contributed by atoms with Crippen molar-refractivity contribution in [1.82, 2.24) is 10.3 Å². The first kappa shape index (κ1) is 19.0. The molecule has 142 valence electrons. The highest BCUT2D eigenvalue weighted by atomic mass is 16.5. The molecule has 0 radical (unpaired) electrons. The molecule has 0 aliphatic heterocycles. The summed E-state index contributed by atoms with van der Waals surface area (Å²) in [5.41, 5.74) is 4.69. The van der Waals surface area contributed by atoms with E-state index in [2.05, 4.69) is 54.6 Å². The molecule has 0 unspecified atom stereocenters. The highest BCUT2D eigenvalue weighted by Gasteiger charge is 2.22. The Bertz CT molecular complexity index is 914. The number of fused-ring (bicyclic) bond motifs is 1. The topological polar surface area (TPSA) is 54.1 Å². The minimum absolute atomic E-state index is 0.0298. The van der Waals surface area contributed by atoms with Crippen LogP contribution in [0, 0.1) is 0 Å². The SMILES string of the molecule is CCCNC(=O)C[C@@H](c1cccc(OC)c1)c1c[nH]c2c(CC)cccc12. The maximum absolute atomic E-state index is 12.5. The Balaban J connectivity index is 2.05. The van der Waals surface area contributed by atoms with Crippen LogP contribution < -0.4 is 10.1 Å². The smallest absolute Gasteiger partial charge is 0.220 e. The van der Waals surface area contributed by atoms with Crippen LogP contribution in [-0.4, -0.2) is 24.5 Å². The average Bonchev–Trinajstić information content (AvgIpc) is 3.14. The largest absolute Gasteiger partial charge is 0.497 e. The number of aromatic nitrogens is 1. The maximum atomic E-state index is 12.5. The molecule has 3 rings (SSSR count). The van der Waals surface area contributed by atoms with Gasteiger partial charge in [0.1, 0.15) is 5.75 Å². The van der Waals surface area contributed by atoms with Gasteiger partial charge in [-0.1, -0.05) is 44.2 Å². The van der Waals surface area contributed by atoms with Crippen molar-refractivity contribution in [2.24, 2.45) is 0 Å². The van der Waals surface area contributed by atoms with Gasteiger partial charge in [0, 0.05) is 36.0 Å². The van der Waals surface area contributed by atoms with Crippen LogP contribution in [0.5, 0.6) is 5.75 Å². The third-order valence-corrected chi connectivity index (χ3v) is 5.05. The van der Waals surface area contributed by atoms with Crippen molar-refractivity contribution in [2.45, 2.75) is 39.0 Å². The summed E-state index contributed by atoms with van der Waals surface area (Å²) in [5.74, 6) is 0.851. The molecular weight excluding hydrogens is 336 g/mol. The van der Waals surface area contributed by atoms with Gasteiger partial charge in [0.25, 0.3) is 0 Å². The van der Waals surface area contributed by atoms with Gasteiger partial charge in [-0.15, -0.1) is 0 Å². The quantitative estimate of drug-likeness (QED) is 0.604. The molecule has 0 saturated carbocycles. The van der Waals surface area contributed by atoms with E-state index in [1.54, 1.807) is 7.11 Å². The molecule has 4 heteroatoms. The van der Waals surface area contributed by atoms with Gasteiger partial charge in [0.15, 0.2) is 0 Å². The van der Waals surface area contributed by atoms with Crippen molar-refractivity contribution in [3.05, 3.63) is 65.4 Å². The van der Waals surface area contributed by atoms with E-state index in [1.165, 1.54) is 10.9 Å². The van der Waals surface area contributed by atoms with Gasteiger partial charge in [-0.3, -0.25) is 4.79 Å². The first-order valence-corrected chi connectivity index (χ1v) is 9.67. The molecule has 0 spiro atoms. The Kier molecular flexibility index (Phi) is 6.17. The van der Waals surface area contributed by atoms with Crippen LogP contribution in [0.25, 0.3) is 10.9 Å². The second kappa shape index (κ2) is 8.76. The van der Waals surface area contributed by atoms with E-state index in [-0.39, 0.29) is 11.8 Å². The average molecular weight is 364 g/mol. The molecule has 0 aliphatic rings. The van der Waals surface area contributed by atoms with Gasteiger partial charge in [-0.25, -0.2) is 0 Å². The fraction of sp³-hybridized carbons (Fsp3) is 0.348. The fourth-order valence-corrected chi connectivity index (χ4v) is 3.61. The second-order valence-electron chi connectivity index (χ2n) is 6.82. The Morgan fingerprint density at radius 3 is 2.74 bits per heavy atom. The van der Waals surface area contributed by atoms with E-state index in [9.17, 15) is 4.79 Å². The zero-order valence-electron chi connectivity index (χ0n) is 16.3. The number of rotatable bonds is 8. The number of H-pyrrole nitrogens is 1. The summed E-state index contributed by atoms with van der Waals surface area (Å²) in [5, 5.41) is 4.20. The lowest BCUT2D eigenvalue weighted by Gasteiger charge is -2.18. The molecule has 4 nitrogen and oxygen atoms in total. The molecule has 1 amide bonds. The van der Waals surface area contributed by atoms with Gasteiger partial charge in [0.2, 0.25) is 5.91 Å². The molecule has 0 saturated heterocycles. The number of aryl methyl sites for hydroxylation is 1. The van der Waals surface area contributed by atoms with Crippen LogP contribution in [0.3, 0.4) is 0 Å². The predicted molar refractivity (Wildman–Crippen MR) is 110 cm³/mol. The highest BCUT2D eigenvalue weighted by molar-refractivity contribution is 5.88. The van der Waals surface area contributed by atoms with Crippen LogP contribution in [0.2, 0.25) is 0 Å². The van der Waals surface area contributed by atoms with Gasteiger partial charge >= 0.3 is 0 Å². The monoisotopic (exact) mass is 364 g/mol. The first-order chi connectivity index (χ1) is 13.2. The highest BCUT2D eigenvalue weighted by Crippen LogP contribution is 2.35. The molecule has 1 aromatic heterocycles. The third kappa shape index (κ3) is 4.16. The lowest BCUT2D eigenvalue weighted by molar-refractivity contribution is -0.121. The molecule has 2 N–H and O–H groups in total. The van der Waals surface area contributed by atoms with Crippen LogP contribution in [0.4, 0.5) is 0 Å². The van der Waals surface area contributed by atoms with Gasteiger partial charge < -0.3 is 15.0 Å². The minimum Gasteiger partial charge on any atom is -0.497 e. The lowest BCUT2D eigenvalue weighted by atomic mass is 9.87. The minimum atomic E-state index is -0.0298. The van der Waals surface area contributed by atoms with E-state index in [1.807, 2.05) is 18.2 Å². The zero-order valence-corrected chi connectivity index (χ0v) is 16.3. The summed E-state index contributed by atoms with van der Waals surface area (Å²) in [6, 6.07) is 14.4.